The van der Waals surface area contributed by atoms with Gasteiger partial charge in [0.15, 0.2) is 0 Å². The van der Waals surface area contributed by atoms with Gasteiger partial charge in [0.25, 0.3) is 0 Å². The van der Waals surface area contributed by atoms with E-state index < -0.39 is 0 Å². The maximum absolute atomic E-state index is 3.44. The molecule has 0 aliphatic rings. The van der Waals surface area contributed by atoms with Gasteiger partial charge in [-0.2, -0.15) is 0 Å². The lowest BCUT2D eigenvalue weighted by molar-refractivity contribution is 0.848. The van der Waals surface area contributed by atoms with Crippen molar-refractivity contribution in [3.63, 3.8) is 0 Å². The van der Waals surface area contributed by atoms with E-state index in [1.165, 1.54) is 6.42 Å². The van der Waals surface area contributed by atoms with Crippen molar-refractivity contribution in [2.24, 2.45) is 0 Å². The van der Waals surface area contributed by atoms with E-state index >= 15 is 0 Å². The molecule has 0 aromatic carbocycles. The van der Waals surface area contributed by atoms with Gasteiger partial charge in [-0.3, -0.25) is 0 Å². The third kappa shape index (κ3) is 6.40. The van der Waals surface area contributed by atoms with Gasteiger partial charge in [0.05, 0.1) is 10.2 Å². The van der Waals surface area contributed by atoms with Gasteiger partial charge >= 0.3 is 0 Å². The molecule has 0 aromatic heterocycles. The normalized spacial score (nSPS) is 11.9. The SMILES string of the molecule is CCCC(Br)C#CCBr. The van der Waals surface area contributed by atoms with E-state index in [0.29, 0.717) is 4.83 Å². The fraction of sp³-hybridized carbons (Fsp3) is 0.714. The van der Waals surface area contributed by atoms with Gasteiger partial charge in [-0.25, -0.2) is 0 Å². The summed E-state index contributed by atoms with van der Waals surface area (Å²) >= 11 is 6.68. The summed E-state index contributed by atoms with van der Waals surface area (Å²) in [5.41, 5.74) is 0. The summed E-state index contributed by atoms with van der Waals surface area (Å²) in [5.74, 6) is 6.01. The van der Waals surface area contributed by atoms with Crippen molar-refractivity contribution < 1.29 is 0 Å². The standard InChI is InChI=1S/C7H10Br2/c1-2-4-7(9)5-3-6-8/h7H,2,4,6H2,1H3. The molecule has 0 saturated heterocycles. The number of rotatable bonds is 2. The van der Waals surface area contributed by atoms with E-state index in [9.17, 15) is 0 Å². The Morgan fingerprint density at radius 1 is 1.56 bits per heavy atom. The van der Waals surface area contributed by atoms with Gasteiger partial charge in [-0.1, -0.05) is 57.0 Å². The van der Waals surface area contributed by atoms with Gasteiger partial charge in [0, 0.05) is 0 Å². The van der Waals surface area contributed by atoms with Crippen molar-refractivity contribution in [3.05, 3.63) is 0 Å². The smallest absolute Gasteiger partial charge is 0.0754 e. The Morgan fingerprint density at radius 3 is 2.67 bits per heavy atom. The van der Waals surface area contributed by atoms with Crippen LogP contribution in [0.4, 0.5) is 0 Å². The molecule has 0 aliphatic heterocycles. The third-order valence-electron chi connectivity index (χ3n) is 0.868. The van der Waals surface area contributed by atoms with Crippen LogP contribution in [0.25, 0.3) is 0 Å². The molecule has 0 spiro atoms. The van der Waals surface area contributed by atoms with Crippen molar-refractivity contribution in [1.82, 2.24) is 0 Å². The molecule has 0 aliphatic carbocycles. The molecule has 0 N–H and O–H groups in total. The second-order valence-corrected chi connectivity index (χ2v) is 3.38. The Kier molecular flexibility index (Phi) is 7.02. The highest BCUT2D eigenvalue weighted by molar-refractivity contribution is 9.09. The first-order chi connectivity index (χ1) is 4.31. The zero-order valence-electron chi connectivity index (χ0n) is 5.45. The van der Waals surface area contributed by atoms with E-state index in [-0.39, 0.29) is 0 Å². The van der Waals surface area contributed by atoms with E-state index in [1.54, 1.807) is 0 Å². The van der Waals surface area contributed by atoms with Crippen molar-refractivity contribution in [2.45, 2.75) is 24.6 Å². The van der Waals surface area contributed by atoms with Crippen LogP contribution in [-0.2, 0) is 0 Å². The van der Waals surface area contributed by atoms with E-state index in [1.807, 2.05) is 0 Å². The van der Waals surface area contributed by atoms with Crippen LogP contribution >= 0.6 is 31.9 Å². The van der Waals surface area contributed by atoms with Crippen LogP contribution in [0.5, 0.6) is 0 Å². The quantitative estimate of drug-likeness (QED) is 0.525. The van der Waals surface area contributed by atoms with Crippen molar-refractivity contribution in [3.8, 4) is 11.8 Å². The lowest BCUT2D eigenvalue weighted by Crippen LogP contribution is -1.90. The summed E-state index contributed by atoms with van der Waals surface area (Å²) in [4.78, 5) is 0.389. The summed E-state index contributed by atoms with van der Waals surface area (Å²) in [7, 11) is 0. The molecule has 9 heavy (non-hydrogen) atoms. The Bertz CT molecular complexity index is 110. The number of alkyl halides is 2. The first kappa shape index (κ1) is 9.52. The highest BCUT2D eigenvalue weighted by Crippen LogP contribution is 2.05. The predicted octanol–water partition coefficient (Wildman–Crippen LogP) is 2.95. The molecule has 0 saturated carbocycles. The molecule has 0 bridgehead atoms. The molecule has 2 heteroatoms. The van der Waals surface area contributed by atoms with Crippen LogP contribution in [0.15, 0.2) is 0 Å². The zero-order chi connectivity index (χ0) is 7.11. The molecule has 0 fully saturated rings. The van der Waals surface area contributed by atoms with Crippen LogP contribution in [0.1, 0.15) is 19.8 Å². The molecule has 0 rings (SSSR count). The number of hydrogen-bond acceptors (Lipinski definition) is 0. The molecule has 1 atom stereocenters. The van der Waals surface area contributed by atoms with Crippen LogP contribution in [0.3, 0.4) is 0 Å². The average Bonchev–Trinajstić information content (AvgIpc) is 1.85. The Hall–Kier alpha value is 0.520. The van der Waals surface area contributed by atoms with Gasteiger partial charge in [0.1, 0.15) is 0 Å². The summed E-state index contributed by atoms with van der Waals surface area (Å²) < 4.78 is 0. The van der Waals surface area contributed by atoms with Gasteiger partial charge in [0.2, 0.25) is 0 Å². The highest BCUT2D eigenvalue weighted by atomic mass is 79.9. The first-order valence-corrected chi connectivity index (χ1v) is 5.03. The summed E-state index contributed by atoms with van der Waals surface area (Å²) in [6.45, 7) is 2.16. The van der Waals surface area contributed by atoms with Crippen molar-refractivity contribution in [2.75, 3.05) is 5.33 Å². The second-order valence-electron chi connectivity index (χ2n) is 1.71. The number of hydrogen-bond donors (Lipinski definition) is 0. The van der Waals surface area contributed by atoms with E-state index in [4.69, 9.17) is 0 Å². The van der Waals surface area contributed by atoms with Crippen molar-refractivity contribution in [1.29, 1.82) is 0 Å². The molecule has 0 aromatic rings. The van der Waals surface area contributed by atoms with Gasteiger partial charge < -0.3 is 0 Å². The largest absolute Gasteiger partial charge is 0.0905 e. The lowest BCUT2D eigenvalue weighted by atomic mass is 10.2. The van der Waals surface area contributed by atoms with Crippen LogP contribution < -0.4 is 0 Å². The Balaban J connectivity index is 3.36. The van der Waals surface area contributed by atoms with Crippen LogP contribution in [0.2, 0.25) is 0 Å². The third-order valence-corrected chi connectivity index (χ3v) is 1.83. The molecular formula is C7H10Br2. The topological polar surface area (TPSA) is 0 Å². The minimum absolute atomic E-state index is 0.389. The fourth-order valence-electron chi connectivity index (χ4n) is 0.475. The predicted molar refractivity (Wildman–Crippen MR) is 49.2 cm³/mol. The zero-order valence-corrected chi connectivity index (χ0v) is 8.63. The molecule has 0 amide bonds. The molecule has 52 valence electrons. The molecule has 0 radical (unpaired) electrons. The minimum atomic E-state index is 0.389. The van der Waals surface area contributed by atoms with Crippen LogP contribution in [0, 0.1) is 11.8 Å². The Labute approximate surface area is 73.7 Å². The fourth-order valence-corrected chi connectivity index (χ4v) is 1.26. The van der Waals surface area contributed by atoms with Crippen LogP contribution in [-0.4, -0.2) is 10.2 Å². The van der Waals surface area contributed by atoms with Crippen molar-refractivity contribution >= 4 is 31.9 Å². The summed E-state index contributed by atoms with van der Waals surface area (Å²) in [5, 5.41) is 0.777. The van der Waals surface area contributed by atoms with E-state index in [2.05, 4.69) is 50.6 Å². The lowest BCUT2D eigenvalue weighted by Gasteiger charge is -1.94. The average molecular weight is 254 g/mol. The highest BCUT2D eigenvalue weighted by Gasteiger charge is 1.93. The van der Waals surface area contributed by atoms with Gasteiger partial charge in [-0.05, 0) is 6.42 Å². The second kappa shape index (κ2) is 6.64. The van der Waals surface area contributed by atoms with Gasteiger partial charge in [-0.15, -0.1) is 0 Å². The summed E-state index contributed by atoms with van der Waals surface area (Å²) in [6.07, 6.45) is 2.33. The number of halogens is 2. The molecular weight excluding hydrogens is 244 g/mol. The molecule has 0 heterocycles. The Morgan fingerprint density at radius 2 is 2.22 bits per heavy atom. The molecule has 0 nitrogen and oxygen atoms in total. The maximum Gasteiger partial charge on any atom is 0.0754 e. The minimum Gasteiger partial charge on any atom is -0.0905 e. The first-order valence-electron chi connectivity index (χ1n) is 2.99. The van der Waals surface area contributed by atoms with E-state index in [0.717, 1.165) is 11.8 Å². The monoisotopic (exact) mass is 252 g/mol. The maximum atomic E-state index is 3.44. The molecule has 1 unspecified atom stereocenters. The summed E-state index contributed by atoms with van der Waals surface area (Å²) in [6, 6.07) is 0.